The Hall–Kier alpha value is -3.93. The Bertz CT molecular complexity index is 1220. The summed E-state index contributed by atoms with van der Waals surface area (Å²) in [7, 11) is 3.21. The fraction of sp³-hybridized carbons (Fsp3) is 0.250. The number of methoxy groups -OCH3 is 1. The predicted molar refractivity (Wildman–Crippen MR) is 133 cm³/mol. The lowest BCUT2D eigenvalue weighted by molar-refractivity contribution is -0.133. The molecule has 4 rings (SSSR count). The minimum Gasteiger partial charge on any atom is -0.497 e. The van der Waals surface area contributed by atoms with E-state index in [2.05, 4.69) is 32.0 Å². The van der Waals surface area contributed by atoms with E-state index in [4.69, 9.17) is 9.84 Å². The normalized spacial score (nSPS) is 15.1. The number of likely N-dealkylation sites (N-methyl/N-ethyl adjacent to an activating group) is 1. The van der Waals surface area contributed by atoms with Gasteiger partial charge in [0, 0.05) is 19.0 Å². The fourth-order valence-electron chi connectivity index (χ4n) is 4.07. The largest absolute Gasteiger partial charge is 0.497 e. The van der Waals surface area contributed by atoms with Gasteiger partial charge in [0.15, 0.2) is 0 Å². The Morgan fingerprint density at radius 1 is 1.00 bits per heavy atom. The number of hydrogen-bond donors (Lipinski definition) is 0. The van der Waals surface area contributed by atoms with Crippen LogP contribution in [0.15, 0.2) is 77.9 Å². The molecular weight excluding hydrogens is 426 g/mol. The Labute approximate surface area is 200 Å². The number of rotatable bonds is 6. The second kappa shape index (κ2) is 9.91. The van der Waals surface area contributed by atoms with Gasteiger partial charge >= 0.3 is 0 Å². The van der Waals surface area contributed by atoms with E-state index < -0.39 is 0 Å². The number of hydrogen-bond acceptors (Lipinski definition) is 4. The van der Waals surface area contributed by atoms with Crippen LogP contribution in [0.4, 0.5) is 0 Å². The van der Waals surface area contributed by atoms with E-state index >= 15 is 0 Å². The molecule has 3 aromatic rings. The first kappa shape index (κ1) is 23.2. The third-order valence-corrected chi connectivity index (χ3v) is 6.25. The lowest BCUT2D eigenvalue weighted by atomic mass is 9.96. The molecule has 2 amide bonds. The molecule has 0 saturated carbocycles. The first-order valence-corrected chi connectivity index (χ1v) is 11.3. The van der Waals surface area contributed by atoms with E-state index in [0.29, 0.717) is 17.7 Å². The highest BCUT2D eigenvalue weighted by atomic mass is 16.5. The van der Waals surface area contributed by atoms with Crippen molar-refractivity contribution in [3.63, 3.8) is 0 Å². The summed E-state index contributed by atoms with van der Waals surface area (Å²) in [5.74, 6) is 0.216. The van der Waals surface area contributed by atoms with Crippen molar-refractivity contribution in [2.75, 3.05) is 20.7 Å². The summed E-state index contributed by atoms with van der Waals surface area (Å²) >= 11 is 0. The van der Waals surface area contributed by atoms with Gasteiger partial charge in [-0.05, 0) is 66.4 Å². The molecule has 0 N–H and O–H groups in total. The Balaban J connectivity index is 1.57. The van der Waals surface area contributed by atoms with Crippen LogP contribution in [0.3, 0.4) is 0 Å². The number of aryl methyl sites for hydroxylation is 2. The quantitative estimate of drug-likeness (QED) is 0.538. The maximum Gasteiger partial charge on any atom is 0.262 e. The van der Waals surface area contributed by atoms with Crippen molar-refractivity contribution in [2.45, 2.75) is 26.3 Å². The molecule has 0 saturated heterocycles. The van der Waals surface area contributed by atoms with E-state index in [1.807, 2.05) is 30.3 Å². The van der Waals surface area contributed by atoms with Gasteiger partial charge in [0.25, 0.3) is 11.8 Å². The van der Waals surface area contributed by atoms with E-state index in [9.17, 15) is 9.59 Å². The van der Waals surface area contributed by atoms with E-state index in [1.165, 1.54) is 21.0 Å². The second-order valence-electron chi connectivity index (χ2n) is 8.60. The maximum atomic E-state index is 13.4. The SMILES string of the molecule is COc1ccc(C(=O)N(C)CC(=O)N2N=C(c3ccc(C)c(C)c3)C[C@H]2c2ccccc2)cc1. The van der Waals surface area contributed by atoms with Crippen molar-refractivity contribution in [1.82, 2.24) is 9.91 Å². The zero-order valence-electron chi connectivity index (χ0n) is 20.0. The first-order valence-electron chi connectivity index (χ1n) is 11.3. The third-order valence-electron chi connectivity index (χ3n) is 6.25. The van der Waals surface area contributed by atoms with Crippen LogP contribution in [0.5, 0.6) is 5.75 Å². The molecule has 0 spiro atoms. The average molecular weight is 456 g/mol. The first-order chi connectivity index (χ1) is 16.4. The van der Waals surface area contributed by atoms with Gasteiger partial charge in [0.1, 0.15) is 12.3 Å². The summed E-state index contributed by atoms with van der Waals surface area (Å²) < 4.78 is 5.16. The minimum absolute atomic E-state index is 0.0715. The monoisotopic (exact) mass is 455 g/mol. The van der Waals surface area contributed by atoms with Gasteiger partial charge in [0.2, 0.25) is 0 Å². The van der Waals surface area contributed by atoms with Crippen LogP contribution in [-0.2, 0) is 4.79 Å². The molecule has 1 aliphatic heterocycles. The van der Waals surface area contributed by atoms with Crippen molar-refractivity contribution < 1.29 is 14.3 Å². The van der Waals surface area contributed by atoms with Gasteiger partial charge in [-0.25, -0.2) is 5.01 Å². The molecule has 174 valence electrons. The molecule has 6 heteroatoms. The van der Waals surface area contributed by atoms with Crippen LogP contribution in [0.2, 0.25) is 0 Å². The number of benzene rings is 3. The number of amides is 2. The minimum atomic E-state index is -0.232. The summed E-state index contributed by atoms with van der Waals surface area (Å²) in [6, 6.07) is 22.8. The van der Waals surface area contributed by atoms with Crippen LogP contribution in [0.25, 0.3) is 0 Å². The molecule has 1 aliphatic rings. The lowest BCUT2D eigenvalue weighted by Gasteiger charge is -2.25. The molecule has 0 unspecified atom stereocenters. The average Bonchev–Trinajstić information content (AvgIpc) is 3.31. The maximum absolute atomic E-state index is 13.4. The van der Waals surface area contributed by atoms with Crippen LogP contribution in [0.1, 0.15) is 45.1 Å². The van der Waals surface area contributed by atoms with Gasteiger partial charge in [-0.2, -0.15) is 5.10 Å². The fourth-order valence-corrected chi connectivity index (χ4v) is 4.07. The van der Waals surface area contributed by atoms with Crippen molar-refractivity contribution in [2.24, 2.45) is 5.10 Å². The lowest BCUT2D eigenvalue weighted by Crippen LogP contribution is -2.39. The van der Waals surface area contributed by atoms with Gasteiger partial charge in [-0.15, -0.1) is 0 Å². The molecule has 6 nitrogen and oxygen atoms in total. The predicted octanol–water partition coefficient (Wildman–Crippen LogP) is 4.76. The highest BCUT2D eigenvalue weighted by molar-refractivity contribution is 6.04. The molecule has 1 heterocycles. The summed E-state index contributed by atoms with van der Waals surface area (Å²) in [5, 5.41) is 6.28. The Morgan fingerprint density at radius 3 is 2.35 bits per heavy atom. The molecule has 0 fully saturated rings. The smallest absolute Gasteiger partial charge is 0.262 e. The zero-order chi connectivity index (χ0) is 24.2. The van der Waals surface area contributed by atoms with E-state index in [1.54, 1.807) is 38.4 Å². The molecule has 3 aromatic carbocycles. The highest BCUT2D eigenvalue weighted by Gasteiger charge is 2.34. The standard InChI is InChI=1S/C28H29N3O3/c1-19-10-11-23(16-20(19)2)25-17-26(21-8-6-5-7-9-21)31(29-25)27(32)18-30(3)28(33)22-12-14-24(34-4)15-13-22/h5-16,26H,17-18H2,1-4H3/t26-/m0/s1. The Morgan fingerprint density at radius 2 is 1.71 bits per heavy atom. The molecule has 34 heavy (non-hydrogen) atoms. The van der Waals surface area contributed by atoms with Crippen molar-refractivity contribution in [3.05, 3.63) is 101 Å². The Kier molecular flexibility index (Phi) is 6.77. The third kappa shape index (κ3) is 4.86. The molecule has 0 aliphatic carbocycles. The van der Waals surface area contributed by atoms with Gasteiger partial charge in [0.05, 0.1) is 18.9 Å². The summed E-state index contributed by atoms with van der Waals surface area (Å²) in [6.07, 6.45) is 0.619. The van der Waals surface area contributed by atoms with Crippen LogP contribution in [0, 0.1) is 13.8 Å². The molecule has 1 atom stereocenters. The van der Waals surface area contributed by atoms with Crippen LogP contribution >= 0.6 is 0 Å². The van der Waals surface area contributed by atoms with Crippen molar-refractivity contribution in [1.29, 1.82) is 0 Å². The molecular formula is C28H29N3O3. The molecule has 0 radical (unpaired) electrons. The second-order valence-corrected chi connectivity index (χ2v) is 8.60. The highest BCUT2D eigenvalue weighted by Crippen LogP contribution is 2.33. The van der Waals surface area contributed by atoms with Crippen LogP contribution in [-0.4, -0.2) is 48.1 Å². The number of carbonyl (C=O) groups is 2. The van der Waals surface area contributed by atoms with Gasteiger partial charge in [-0.3, -0.25) is 9.59 Å². The van der Waals surface area contributed by atoms with Gasteiger partial charge in [-0.1, -0.05) is 42.5 Å². The summed E-state index contributed by atoms with van der Waals surface area (Å²) in [6.45, 7) is 4.08. The van der Waals surface area contributed by atoms with E-state index in [-0.39, 0.29) is 24.4 Å². The molecule has 0 aromatic heterocycles. The summed E-state index contributed by atoms with van der Waals surface area (Å²) in [4.78, 5) is 27.7. The topological polar surface area (TPSA) is 62.2 Å². The number of nitrogens with zero attached hydrogens (tertiary/aromatic N) is 3. The number of hydrazone groups is 1. The van der Waals surface area contributed by atoms with Crippen molar-refractivity contribution in [3.8, 4) is 5.75 Å². The van der Waals surface area contributed by atoms with Crippen molar-refractivity contribution >= 4 is 17.5 Å². The number of carbonyl (C=O) groups excluding carboxylic acids is 2. The van der Waals surface area contributed by atoms with Gasteiger partial charge < -0.3 is 9.64 Å². The number of ether oxygens (including phenoxy) is 1. The summed E-state index contributed by atoms with van der Waals surface area (Å²) in [5.41, 5.74) is 5.80. The van der Waals surface area contributed by atoms with Crippen LogP contribution < -0.4 is 4.74 Å². The molecule has 0 bridgehead atoms. The zero-order valence-corrected chi connectivity index (χ0v) is 20.0. The van der Waals surface area contributed by atoms with E-state index in [0.717, 1.165) is 16.8 Å².